The fraction of sp³-hybridized carbons (Fsp3) is 0.304. The molecular weight excluding hydrogens is 450 g/mol. The van der Waals surface area contributed by atoms with E-state index in [4.69, 9.17) is 28.6 Å². The maximum Gasteiger partial charge on any atom is 0.305 e. The van der Waals surface area contributed by atoms with E-state index in [9.17, 15) is 14.4 Å². The molecule has 0 fully saturated rings. The molecule has 2 rings (SSSR count). The van der Waals surface area contributed by atoms with Crippen molar-refractivity contribution in [1.82, 2.24) is 16.2 Å². The molecule has 0 radical (unpaired) electrons. The van der Waals surface area contributed by atoms with Crippen molar-refractivity contribution in [3.05, 3.63) is 70.7 Å². The molecule has 0 bridgehead atoms. The summed E-state index contributed by atoms with van der Waals surface area (Å²) < 4.78 is 5.18. The van der Waals surface area contributed by atoms with E-state index in [1.54, 1.807) is 24.3 Å². The van der Waals surface area contributed by atoms with E-state index in [-0.39, 0.29) is 42.2 Å². The minimum Gasteiger partial charge on any atom is -0.466 e. The van der Waals surface area contributed by atoms with Gasteiger partial charge in [-0.2, -0.15) is 0 Å². The Bertz CT molecular complexity index is 907. The molecule has 2 amide bonds. The lowest BCUT2D eigenvalue weighted by Crippen LogP contribution is -2.48. The largest absolute Gasteiger partial charge is 0.466 e. The number of hydrazine groups is 1. The molecular formula is C23H26ClN3O4S. The second-order valence-corrected chi connectivity index (χ2v) is 7.86. The smallest absolute Gasteiger partial charge is 0.305 e. The number of nitrogens with one attached hydrogen (secondary N) is 3. The van der Waals surface area contributed by atoms with Gasteiger partial charge in [-0.3, -0.25) is 25.2 Å². The van der Waals surface area contributed by atoms with Gasteiger partial charge in [0.25, 0.3) is 0 Å². The predicted molar refractivity (Wildman–Crippen MR) is 127 cm³/mol. The Balaban J connectivity index is 1.51. The summed E-state index contributed by atoms with van der Waals surface area (Å²) in [5.41, 5.74) is 6.88. The summed E-state index contributed by atoms with van der Waals surface area (Å²) in [5.74, 6) is -1.01. The van der Waals surface area contributed by atoms with Crippen LogP contribution in [0.15, 0.2) is 54.6 Å². The lowest BCUT2D eigenvalue weighted by molar-refractivity contribution is -0.143. The first kappa shape index (κ1) is 25.3. The van der Waals surface area contributed by atoms with Crippen LogP contribution in [-0.4, -0.2) is 29.5 Å². The Morgan fingerprint density at radius 2 is 1.56 bits per heavy atom. The molecule has 0 spiro atoms. The second-order valence-electron chi connectivity index (χ2n) is 7.02. The number of carbonyl (C=O) groups excluding carboxylic acids is 3. The van der Waals surface area contributed by atoms with Gasteiger partial charge < -0.3 is 10.1 Å². The van der Waals surface area contributed by atoms with Crippen molar-refractivity contribution in [2.24, 2.45) is 0 Å². The molecule has 0 saturated heterocycles. The van der Waals surface area contributed by atoms with Gasteiger partial charge in [-0.1, -0.05) is 54.1 Å². The SMILES string of the molecule is O=C(Cc1ccc(Cl)cc1)NNC(=S)NC(=O)CCCC(=O)OCCCc1ccccc1. The minimum absolute atomic E-state index is 0.0251. The van der Waals surface area contributed by atoms with Gasteiger partial charge in [-0.15, -0.1) is 0 Å². The quantitative estimate of drug-likeness (QED) is 0.211. The molecule has 9 heteroatoms. The zero-order valence-electron chi connectivity index (χ0n) is 17.6. The molecule has 0 aromatic heterocycles. The molecule has 0 aliphatic heterocycles. The number of aryl methyl sites for hydroxylation is 1. The molecule has 2 aromatic carbocycles. The summed E-state index contributed by atoms with van der Waals surface area (Å²) >= 11 is 10.8. The van der Waals surface area contributed by atoms with E-state index >= 15 is 0 Å². The second kappa shape index (κ2) is 14.2. The zero-order valence-corrected chi connectivity index (χ0v) is 19.1. The normalized spacial score (nSPS) is 10.2. The van der Waals surface area contributed by atoms with Gasteiger partial charge >= 0.3 is 5.97 Å². The number of benzene rings is 2. The van der Waals surface area contributed by atoms with E-state index in [2.05, 4.69) is 16.2 Å². The molecule has 0 aliphatic carbocycles. The summed E-state index contributed by atoms with van der Waals surface area (Å²) in [6.07, 6.45) is 2.33. The van der Waals surface area contributed by atoms with E-state index in [1.807, 2.05) is 30.3 Å². The van der Waals surface area contributed by atoms with Crippen LogP contribution >= 0.6 is 23.8 Å². The summed E-state index contributed by atoms with van der Waals surface area (Å²) in [5, 5.41) is 3.01. The third kappa shape index (κ3) is 10.9. The van der Waals surface area contributed by atoms with Crippen molar-refractivity contribution < 1.29 is 19.1 Å². The number of esters is 1. The van der Waals surface area contributed by atoms with Gasteiger partial charge in [0, 0.05) is 17.9 Å². The summed E-state index contributed by atoms with van der Waals surface area (Å²) in [7, 11) is 0. The lowest BCUT2D eigenvalue weighted by Gasteiger charge is -2.11. The summed E-state index contributed by atoms with van der Waals surface area (Å²) in [6.45, 7) is 0.351. The number of carbonyl (C=O) groups is 3. The fourth-order valence-electron chi connectivity index (χ4n) is 2.75. The van der Waals surface area contributed by atoms with Gasteiger partial charge in [0.15, 0.2) is 5.11 Å². The van der Waals surface area contributed by atoms with Crippen LogP contribution < -0.4 is 16.2 Å². The molecule has 7 nitrogen and oxygen atoms in total. The number of ether oxygens (including phenoxy) is 1. The molecule has 0 saturated carbocycles. The monoisotopic (exact) mass is 475 g/mol. The average Bonchev–Trinajstić information content (AvgIpc) is 2.77. The number of hydrogen-bond acceptors (Lipinski definition) is 5. The van der Waals surface area contributed by atoms with Crippen LogP contribution in [0.5, 0.6) is 0 Å². The first-order chi connectivity index (χ1) is 15.4. The Hall–Kier alpha value is -2.97. The minimum atomic E-state index is -0.355. The van der Waals surface area contributed by atoms with Crippen LogP contribution in [0, 0.1) is 0 Å². The highest BCUT2D eigenvalue weighted by Gasteiger charge is 2.09. The van der Waals surface area contributed by atoms with Gasteiger partial charge in [-0.25, -0.2) is 0 Å². The van der Waals surface area contributed by atoms with Crippen LogP contribution in [0.2, 0.25) is 5.02 Å². The van der Waals surface area contributed by atoms with Crippen LogP contribution in [-0.2, 0) is 32.0 Å². The molecule has 0 unspecified atom stereocenters. The van der Waals surface area contributed by atoms with Gasteiger partial charge in [0.2, 0.25) is 11.8 Å². The number of rotatable bonds is 10. The van der Waals surface area contributed by atoms with Crippen molar-refractivity contribution in [2.75, 3.05) is 6.61 Å². The predicted octanol–water partition coefficient (Wildman–Crippen LogP) is 3.25. The lowest BCUT2D eigenvalue weighted by atomic mass is 10.1. The van der Waals surface area contributed by atoms with Crippen molar-refractivity contribution >= 4 is 46.7 Å². The molecule has 32 heavy (non-hydrogen) atoms. The third-order valence-corrected chi connectivity index (χ3v) is 4.80. The maximum absolute atomic E-state index is 11.9. The van der Waals surface area contributed by atoms with Gasteiger partial charge in [0.05, 0.1) is 13.0 Å². The standard InChI is InChI=1S/C23H26ClN3O4S/c24-19-13-11-18(12-14-19)16-21(29)26-27-23(32)25-20(28)9-4-10-22(30)31-15-5-8-17-6-2-1-3-7-17/h1-3,6-7,11-14H,4-5,8-10,15-16H2,(H,26,29)(H2,25,27,28,32). The molecule has 0 atom stereocenters. The molecule has 3 N–H and O–H groups in total. The molecule has 0 heterocycles. The first-order valence-electron chi connectivity index (χ1n) is 10.2. The number of amides is 2. The molecule has 170 valence electrons. The summed E-state index contributed by atoms with van der Waals surface area (Å²) in [6, 6.07) is 16.9. The van der Waals surface area contributed by atoms with Crippen molar-refractivity contribution in [1.29, 1.82) is 0 Å². The van der Waals surface area contributed by atoms with Crippen molar-refractivity contribution in [2.45, 2.75) is 38.5 Å². The van der Waals surface area contributed by atoms with E-state index < -0.39 is 0 Å². The molecule has 2 aromatic rings. The third-order valence-electron chi connectivity index (χ3n) is 4.35. The van der Waals surface area contributed by atoms with Crippen LogP contribution in [0.3, 0.4) is 0 Å². The van der Waals surface area contributed by atoms with Crippen molar-refractivity contribution in [3.8, 4) is 0 Å². The van der Waals surface area contributed by atoms with Crippen LogP contribution in [0.1, 0.15) is 36.8 Å². The topological polar surface area (TPSA) is 96.5 Å². The van der Waals surface area contributed by atoms with E-state index in [1.165, 1.54) is 5.56 Å². The Kier molecular flexibility index (Phi) is 11.2. The van der Waals surface area contributed by atoms with E-state index in [0.29, 0.717) is 18.1 Å². The highest BCUT2D eigenvalue weighted by molar-refractivity contribution is 7.80. The zero-order chi connectivity index (χ0) is 23.2. The van der Waals surface area contributed by atoms with Gasteiger partial charge in [-0.05, 0) is 54.7 Å². The Morgan fingerprint density at radius 1 is 0.844 bits per heavy atom. The van der Waals surface area contributed by atoms with Crippen molar-refractivity contribution in [3.63, 3.8) is 0 Å². The van der Waals surface area contributed by atoms with Crippen LogP contribution in [0.4, 0.5) is 0 Å². The average molecular weight is 476 g/mol. The highest BCUT2D eigenvalue weighted by atomic mass is 35.5. The molecule has 0 aliphatic rings. The summed E-state index contributed by atoms with van der Waals surface area (Å²) in [4.78, 5) is 35.6. The Morgan fingerprint density at radius 3 is 2.28 bits per heavy atom. The number of halogens is 1. The van der Waals surface area contributed by atoms with Crippen LogP contribution in [0.25, 0.3) is 0 Å². The Labute approximate surface area is 197 Å². The maximum atomic E-state index is 11.9. The first-order valence-corrected chi connectivity index (χ1v) is 11.0. The number of hydrogen-bond donors (Lipinski definition) is 3. The highest BCUT2D eigenvalue weighted by Crippen LogP contribution is 2.09. The van der Waals surface area contributed by atoms with E-state index in [0.717, 1.165) is 18.4 Å². The van der Waals surface area contributed by atoms with Gasteiger partial charge in [0.1, 0.15) is 0 Å². The number of thiocarbonyl (C=S) groups is 1. The fourth-order valence-corrected chi connectivity index (χ4v) is 3.04.